The zero-order chi connectivity index (χ0) is 20.4. The third-order valence-corrected chi connectivity index (χ3v) is 3.59. The van der Waals surface area contributed by atoms with Gasteiger partial charge in [0, 0.05) is 0 Å². The number of aromatic nitrogens is 1. The van der Waals surface area contributed by atoms with E-state index in [0.717, 1.165) is 14.2 Å². The zero-order valence-electron chi connectivity index (χ0n) is 14.1. The van der Waals surface area contributed by atoms with Crippen molar-refractivity contribution in [2.24, 2.45) is 5.92 Å². The van der Waals surface area contributed by atoms with E-state index in [9.17, 15) is 27.2 Å². The first-order valence-corrected chi connectivity index (χ1v) is 7.89. The fraction of sp³-hybridized carbons (Fsp3) is 0.533. The van der Waals surface area contributed by atoms with Gasteiger partial charge in [0.15, 0.2) is 0 Å². The summed E-state index contributed by atoms with van der Waals surface area (Å²) in [4.78, 5) is 27.2. The van der Waals surface area contributed by atoms with Crippen LogP contribution in [0.3, 0.4) is 0 Å². The lowest BCUT2D eigenvalue weighted by atomic mass is 9.91. The summed E-state index contributed by atoms with van der Waals surface area (Å²) in [7, 11) is 1.78. The van der Waals surface area contributed by atoms with Gasteiger partial charge in [0.05, 0.1) is 25.3 Å². The molecule has 0 fully saturated rings. The van der Waals surface area contributed by atoms with Crippen LogP contribution < -0.4 is 0 Å². The van der Waals surface area contributed by atoms with Gasteiger partial charge in [0.2, 0.25) is 0 Å². The number of pyridine rings is 1. The van der Waals surface area contributed by atoms with Crippen LogP contribution in [-0.4, -0.2) is 31.1 Å². The van der Waals surface area contributed by atoms with Gasteiger partial charge in [0.25, 0.3) is 0 Å². The van der Waals surface area contributed by atoms with Crippen molar-refractivity contribution in [2.45, 2.75) is 31.0 Å². The molecule has 0 aliphatic rings. The van der Waals surface area contributed by atoms with Crippen molar-refractivity contribution in [1.82, 2.24) is 4.98 Å². The first kappa shape index (κ1) is 22.4. The van der Waals surface area contributed by atoms with Gasteiger partial charge in [0.1, 0.15) is 11.4 Å². The van der Waals surface area contributed by atoms with Crippen LogP contribution in [0.25, 0.3) is 0 Å². The van der Waals surface area contributed by atoms with Crippen LogP contribution in [0.2, 0.25) is 0 Å². The summed E-state index contributed by atoms with van der Waals surface area (Å²) in [6, 6.07) is 0. The highest BCUT2D eigenvalue weighted by atomic mass is 35.5. The third kappa shape index (κ3) is 4.76. The minimum absolute atomic E-state index is 0.225. The minimum atomic E-state index is -4.30. The molecule has 1 aromatic heterocycles. The topological polar surface area (TPSA) is 65.5 Å². The van der Waals surface area contributed by atoms with E-state index in [1.807, 2.05) is 0 Å². The molecule has 146 valence electrons. The van der Waals surface area contributed by atoms with Gasteiger partial charge in [-0.3, -0.25) is 0 Å². The van der Waals surface area contributed by atoms with Crippen LogP contribution in [0, 0.1) is 5.92 Å². The fourth-order valence-corrected chi connectivity index (χ4v) is 2.57. The predicted octanol–water partition coefficient (Wildman–Crippen LogP) is 4.43. The molecular formula is C15H15Cl2F4NO4. The maximum absolute atomic E-state index is 13.8. The van der Waals surface area contributed by atoms with Crippen molar-refractivity contribution in [3.05, 3.63) is 28.1 Å². The maximum Gasteiger partial charge on any atom is 0.365 e. The van der Waals surface area contributed by atoms with Crippen LogP contribution in [0.4, 0.5) is 17.6 Å². The van der Waals surface area contributed by atoms with Crippen molar-refractivity contribution in [1.29, 1.82) is 0 Å². The monoisotopic (exact) mass is 419 g/mol. The molecule has 0 radical (unpaired) electrons. The van der Waals surface area contributed by atoms with Crippen LogP contribution in [0.15, 0.2) is 0 Å². The van der Waals surface area contributed by atoms with E-state index in [1.165, 1.54) is 0 Å². The lowest BCUT2D eigenvalue weighted by molar-refractivity contribution is 0.0521. The summed E-state index contributed by atoms with van der Waals surface area (Å²) in [6.07, 6.45) is -0.225. The molecule has 0 unspecified atom stereocenters. The van der Waals surface area contributed by atoms with E-state index in [-0.39, 0.29) is 12.3 Å². The van der Waals surface area contributed by atoms with E-state index >= 15 is 0 Å². The van der Waals surface area contributed by atoms with Gasteiger partial charge in [-0.1, -0.05) is 13.8 Å². The van der Waals surface area contributed by atoms with E-state index < -0.39 is 50.8 Å². The molecule has 0 N–H and O–H groups in total. The van der Waals surface area contributed by atoms with Crippen LogP contribution in [-0.2, 0) is 26.7 Å². The number of ether oxygens (including phenoxy) is 2. The number of carbonyl (C=O) groups excluding carboxylic acids is 2. The molecule has 0 amide bonds. The van der Waals surface area contributed by atoms with Gasteiger partial charge >= 0.3 is 22.7 Å². The van der Waals surface area contributed by atoms with Crippen LogP contribution in [0.5, 0.6) is 0 Å². The Bertz CT molecular complexity index is 663. The number of hydrogen-bond donors (Lipinski definition) is 0. The number of alkyl halides is 6. The minimum Gasteiger partial charge on any atom is -0.465 e. The van der Waals surface area contributed by atoms with Crippen LogP contribution in [0.1, 0.15) is 51.5 Å². The molecule has 1 heterocycles. The van der Waals surface area contributed by atoms with E-state index in [1.54, 1.807) is 13.8 Å². The average Bonchev–Trinajstić information content (AvgIpc) is 2.49. The molecular weight excluding hydrogens is 405 g/mol. The lowest BCUT2D eigenvalue weighted by Crippen LogP contribution is -2.27. The standard InChI is InChI=1S/C15H15Cl2F4NO4/c1-6(2)5-7-8(12(23)25-3)10(14(16,18)19)22-11(15(17,20)21)9(7)13(24)26-4/h6H,5H2,1-4H3. The second-order valence-electron chi connectivity index (χ2n) is 5.61. The Balaban J connectivity index is 4.15. The van der Waals surface area contributed by atoms with Gasteiger partial charge in [-0.15, -0.1) is 0 Å². The van der Waals surface area contributed by atoms with E-state index in [2.05, 4.69) is 14.5 Å². The van der Waals surface area contributed by atoms with Crippen molar-refractivity contribution in [2.75, 3.05) is 14.2 Å². The van der Waals surface area contributed by atoms with Gasteiger partial charge < -0.3 is 9.47 Å². The average molecular weight is 420 g/mol. The van der Waals surface area contributed by atoms with Gasteiger partial charge in [-0.2, -0.15) is 17.6 Å². The molecule has 0 spiro atoms. The molecule has 1 rings (SSSR count). The highest BCUT2D eigenvalue weighted by Gasteiger charge is 2.45. The predicted molar refractivity (Wildman–Crippen MR) is 85.0 cm³/mol. The quantitative estimate of drug-likeness (QED) is 0.387. The molecule has 0 aromatic carbocycles. The Morgan fingerprint density at radius 3 is 1.54 bits per heavy atom. The molecule has 5 nitrogen and oxygen atoms in total. The van der Waals surface area contributed by atoms with Crippen LogP contribution >= 0.6 is 23.2 Å². The second kappa shape index (κ2) is 7.96. The molecule has 11 heteroatoms. The van der Waals surface area contributed by atoms with E-state index in [0.29, 0.717) is 0 Å². The number of carbonyl (C=O) groups is 2. The van der Waals surface area contributed by atoms with Crippen molar-refractivity contribution >= 4 is 35.1 Å². The Morgan fingerprint density at radius 2 is 1.31 bits per heavy atom. The molecule has 0 atom stereocenters. The zero-order valence-corrected chi connectivity index (χ0v) is 15.6. The number of hydrogen-bond acceptors (Lipinski definition) is 5. The number of esters is 2. The first-order valence-electron chi connectivity index (χ1n) is 7.13. The van der Waals surface area contributed by atoms with Crippen molar-refractivity contribution < 1.29 is 36.6 Å². The van der Waals surface area contributed by atoms with Gasteiger partial charge in [-0.25, -0.2) is 14.6 Å². The summed E-state index contributed by atoms with van der Waals surface area (Å²) in [6.45, 7) is 3.22. The highest BCUT2D eigenvalue weighted by molar-refractivity contribution is 6.23. The Morgan fingerprint density at radius 1 is 0.962 bits per heavy atom. The van der Waals surface area contributed by atoms with Crippen molar-refractivity contribution in [3.63, 3.8) is 0 Å². The van der Waals surface area contributed by atoms with Crippen molar-refractivity contribution in [3.8, 4) is 0 Å². The van der Waals surface area contributed by atoms with Gasteiger partial charge in [-0.05, 0) is 41.1 Å². The number of methoxy groups -OCH3 is 2. The summed E-state index contributed by atoms with van der Waals surface area (Å²) in [5.74, 6) is -2.98. The Kier molecular flexibility index (Phi) is 6.86. The molecule has 1 aromatic rings. The first-order chi connectivity index (χ1) is 11.8. The molecule has 0 saturated carbocycles. The Hall–Kier alpha value is -1.61. The number of nitrogens with zero attached hydrogens (tertiary/aromatic N) is 1. The normalized spacial score (nSPS) is 12.3. The van der Waals surface area contributed by atoms with E-state index in [4.69, 9.17) is 23.2 Å². The highest BCUT2D eigenvalue weighted by Crippen LogP contribution is 2.42. The summed E-state index contributed by atoms with van der Waals surface area (Å²) < 4.78 is 64.1. The largest absolute Gasteiger partial charge is 0.465 e. The maximum atomic E-state index is 13.8. The molecule has 26 heavy (non-hydrogen) atoms. The summed E-state index contributed by atoms with van der Waals surface area (Å²) >= 11 is 9.91. The molecule has 0 aliphatic carbocycles. The SMILES string of the molecule is COC(=O)c1c(C(F)(F)Cl)nc(C(F)(F)Cl)c(C(=O)OC)c1CC(C)C. The number of halogens is 6. The smallest absolute Gasteiger partial charge is 0.365 e. The second-order valence-corrected chi connectivity index (χ2v) is 6.56. The molecule has 0 bridgehead atoms. The third-order valence-electron chi connectivity index (χ3n) is 3.23. The lowest BCUT2D eigenvalue weighted by Gasteiger charge is -2.23. The Labute approximate surface area is 156 Å². The summed E-state index contributed by atoms with van der Waals surface area (Å²) in [5, 5.41) is -8.61. The fourth-order valence-electron chi connectivity index (χ4n) is 2.30. The molecule has 0 aliphatic heterocycles. The summed E-state index contributed by atoms with van der Waals surface area (Å²) in [5.41, 5.74) is -5.19. The number of rotatable bonds is 6. The molecule has 0 saturated heterocycles.